The molecule has 2 saturated carbocycles. The minimum absolute atomic E-state index is 0.0434. The van der Waals surface area contributed by atoms with Crippen molar-refractivity contribution in [2.45, 2.75) is 83.5 Å². The summed E-state index contributed by atoms with van der Waals surface area (Å²) in [6.45, 7) is 8.21. The quantitative estimate of drug-likeness (QED) is 0.343. The first-order valence-electron chi connectivity index (χ1n) is 14.3. The maximum Gasteiger partial charge on any atom is 0.188 e. The van der Waals surface area contributed by atoms with Crippen molar-refractivity contribution in [2.75, 3.05) is 13.2 Å². The zero-order valence-electron chi connectivity index (χ0n) is 22.9. The summed E-state index contributed by atoms with van der Waals surface area (Å²) in [6.07, 6.45) is 12.2. The summed E-state index contributed by atoms with van der Waals surface area (Å²) >= 11 is 0. The van der Waals surface area contributed by atoms with E-state index < -0.39 is 5.79 Å². The minimum Gasteiger partial charge on any atom is -0.393 e. The Bertz CT molecular complexity index is 1290. The number of hydrogen-bond acceptors (Lipinski definition) is 4. The fourth-order valence-electron chi connectivity index (χ4n) is 8.00. The Balaban J connectivity index is 1.38. The second-order valence-corrected chi connectivity index (χ2v) is 13.1. The highest BCUT2D eigenvalue weighted by atomic mass is 16.7. The van der Waals surface area contributed by atoms with Crippen LogP contribution in [0.25, 0.3) is 0 Å². The van der Waals surface area contributed by atoms with E-state index in [1.54, 1.807) is 17.2 Å². The molecule has 5 unspecified atom stereocenters. The van der Waals surface area contributed by atoms with Gasteiger partial charge in [0.15, 0.2) is 5.79 Å². The molecule has 1 N–H and O–H groups in total. The van der Waals surface area contributed by atoms with Crippen LogP contribution in [0.1, 0.15) is 82.8 Å². The molecule has 5 aliphatic rings. The van der Waals surface area contributed by atoms with Gasteiger partial charge in [0.2, 0.25) is 0 Å². The molecule has 6 rings (SSSR count). The standard InChI is InChI=1S/C34H39NO3/c1-32(2)21-37-34(38-22-32)17-16-26-25(19-34)12-13-27-29-14-15-30(36)33(29,3)20-28(31(26)27)24-10-8-23(9-11-24)7-5-4-6-18-35/h4,6,8-11,19,27-30,36H,12-17,20-22H2,1-3H3/b6-4+. The molecule has 4 aliphatic carbocycles. The van der Waals surface area contributed by atoms with Gasteiger partial charge in [-0.25, -0.2) is 0 Å². The molecule has 1 aromatic rings. The molecular weight excluding hydrogens is 470 g/mol. The Labute approximate surface area is 227 Å². The van der Waals surface area contributed by atoms with Crippen LogP contribution in [0.15, 0.2) is 59.2 Å². The first-order valence-corrected chi connectivity index (χ1v) is 14.3. The number of allylic oxidation sites excluding steroid dienone is 5. The van der Waals surface area contributed by atoms with Crippen LogP contribution >= 0.6 is 0 Å². The monoisotopic (exact) mass is 509 g/mol. The highest BCUT2D eigenvalue weighted by Crippen LogP contribution is 2.64. The third kappa shape index (κ3) is 4.38. The van der Waals surface area contributed by atoms with E-state index in [2.05, 4.69) is 63.0 Å². The number of nitrogens with zero attached hydrogens (tertiary/aromatic N) is 1. The van der Waals surface area contributed by atoms with Crippen molar-refractivity contribution in [1.29, 1.82) is 5.26 Å². The van der Waals surface area contributed by atoms with Gasteiger partial charge in [0.25, 0.3) is 0 Å². The smallest absolute Gasteiger partial charge is 0.188 e. The Morgan fingerprint density at radius 3 is 2.50 bits per heavy atom. The molecule has 1 aromatic carbocycles. The third-order valence-corrected chi connectivity index (χ3v) is 10.0. The predicted molar refractivity (Wildman–Crippen MR) is 148 cm³/mol. The number of benzene rings is 1. The molecule has 3 fully saturated rings. The zero-order chi connectivity index (χ0) is 26.5. The topological polar surface area (TPSA) is 62.5 Å². The number of aliphatic hydroxyl groups excluding tert-OH is 1. The van der Waals surface area contributed by atoms with Gasteiger partial charge in [-0.05, 0) is 96.8 Å². The van der Waals surface area contributed by atoms with Crippen LogP contribution in [0.3, 0.4) is 0 Å². The average Bonchev–Trinajstić information content (AvgIpc) is 3.22. The summed E-state index contributed by atoms with van der Waals surface area (Å²) < 4.78 is 12.8. The SMILES string of the molecule is CC1(C)COC2(C=C3CCC4C(=C3CC2)C(c2ccc(C#C/C=C/C#N)cc2)CC2(C)C(O)CCC42)OC1. The molecular formula is C34H39NO3. The molecule has 4 heteroatoms. The first kappa shape index (κ1) is 25.6. The van der Waals surface area contributed by atoms with Crippen molar-refractivity contribution in [3.05, 3.63) is 70.3 Å². The van der Waals surface area contributed by atoms with Crippen LogP contribution in [0, 0.1) is 45.8 Å². The van der Waals surface area contributed by atoms with Gasteiger partial charge < -0.3 is 14.6 Å². The van der Waals surface area contributed by atoms with Crippen LogP contribution < -0.4 is 0 Å². The van der Waals surface area contributed by atoms with Crippen LogP contribution in [-0.2, 0) is 9.47 Å². The van der Waals surface area contributed by atoms with Crippen LogP contribution in [0.4, 0.5) is 0 Å². The Kier molecular flexibility index (Phi) is 6.43. The van der Waals surface area contributed by atoms with Crippen molar-refractivity contribution in [2.24, 2.45) is 22.7 Å². The lowest BCUT2D eigenvalue weighted by molar-refractivity contribution is -0.275. The van der Waals surface area contributed by atoms with Gasteiger partial charge >= 0.3 is 0 Å². The molecule has 0 amide bonds. The van der Waals surface area contributed by atoms with Crippen LogP contribution in [0.2, 0.25) is 0 Å². The maximum atomic E-state index is 11.2. The van der Waals surface area contributed by atoms with Gasteiger partial charge in [0.1, 0.15) is 0 Å². The second kappa shape index (κ2) is 9.53. The van der Waals surface area contributed by atoms with Crippen molar-refractivity contribution in [1.82, 2.24) is 0 Å². The van der Waals surface area contributed by atoms with Crippen LogP contribution in [0.5, 0.6) is 0 Å². The lowest BCUT2D eigenvalue weighted by Gasteiger charge is -2.53. The molecule has 1 spiro atoms. The fourth-order valence-corrected chi connectivity index (χ4v) is 8.00. The molecule has 0 bridgehead atoms. The van der Waals surface area contributed by atoms with Gasteiger partial charge in [0, 0.05) is 29.4 Å². The van der Waals surface area contributed by atoms with Gasteiger partial charge in [-0.2, -0.15) is 5.26 Å². The first-order chi connectivity index (χ1) is 18.2. The van der Waals surface area contributed by atoms with Crippen LogP contribution in [-0.4, -0.2) is 30.2 Å². The molecule has 1 saturated heterocycles. The summed E-state index contributed by atoms with van der Waals surface area (Å²) in [5.41, 5.74) is 6.89. The van der Waals surface area contributed by atoms with E-state index in [4.69, 9.17) is 14.7 Å². The Morgan fingerprint density at radius 2 is 1.76 bits per heavy atom. The van der Waals surface area contributed by atoms with Crippen molar-refractivity contribution < 1.29 is 14.6 Å². The summed E-state index contributed by atoms with van der Waals surface area (Å²) in [5, 5.41) is 19.8. The van der Waals surface area contributed by atoms with E-state index in [0.717, 1.165) is 63.7 Å². The maximum absolute atomic E-state index is 11.2. The van der Waals surface area contributed by atoms with E-state index in [1.807, 2.05) is 6.07 Å². The van der Waals surface area contributed by atoms with Crippen molar-refractivity contribution in [3.63, 3.8) is 0 Å². The molecule has 1 heterocycles. The number of fused-ring (bicyclic) bond motifs is 4. The van der Waals surface area contributed by atoms with Gasteiger partial charge in [-0.3, -0.25) is 0 Å². The molecule has 0 radical (unpaired) electrons. The molecule has 198 valence electrons. The van der Waals surface area contributed by atoms with Crippen molar-refractivity contribution >= 4 is 0 Å². The predicted octanol–water partition coefficient (Wildman–Crippen LogP) is 6.58. The number of hydrogen-bond donors (Lipinski definition) is 1. The highest BCUT2D eigenvalue weighted by Gasteiger charge is 2.56. The normalized spacial score (nSPS) is 35.0. The highest BCUT2D eigenvalue weighted by molar-refractivity contribution is 5.50. The average molecular weight is 510 g/mol. The largest absolute Gasteiger partial charge is 0.393 e. The Morgan fingerprint density at radius 1 is 1.00 bits per heavy atom. The number of aliphatic hydroxyl groups is 1. The summed E-state index contributed by atoms with van der Waals surface area (Å²) in [5.74, 6) is 6.87. The van der Waals surface area contributed by atoms with Gasteiger partial charge in [-0.15, -0.1) is 0 Å². The van der Waals surface area contributed by atoms with E-state index in [9.17, 15) is 5.11 Å². The summed E-state index contributed by atoms with van der Waals surface area (Å²) in [6, 6.07) is 10.6. The minimum atomic E-state index is -0.565. The van der Waals surface area contributed by atoms with E-state index >= 15 is 0 Å². The van der Waals surface area contributed by atoms with Gasteiger partial charge in [0.05, 0.1) is 25.4 Å². The molecule has 1 aliphatic heterocycles. The van der Waals surface area contributed by atoms with E-state index in [0.29, 0.717) is 17.8 Å². The van der Waals surface area contributed by atoms with Gasteiger partial charge in [-0.1, -0.05) is 50.3 Å². The molecule has 0 aromatic heterocycles. The fraction of sp³-hybridized carbons (Fsp3) is 0.559. The third-order valence-electron chi connectivity index (χ3n) is 10.0. The Hall–Kier alpha value is -2.63. The lowest BCUT2D eigenvalue weighted by Crippen LogP contribution is -2.49. The molecule has 38 heavy (non-hydrogen) atoms. The lowest BCUT2D eigenvalue weighted by atomic mass is 9.53. The number of ether oxygens (including phenoxy) is 2. The second-order valence-electron chi connectivity index (χ2n) is 13.1. The summed E-state index contributed by atoms with van der Waals surface area (Å²) in [4.78, 5) is 0. The van der Waals surface area contributed by atoms with E-state index in [-0.39, 0.29) is 16.9 Å². The number of nitriles is 1. The molecule has 5 atom stereocenters. The van der Waals surface area contributed by atoms with Crippen molar-refractivity contribution in [3.8, 4) is 17.9 Å². The molecule has 4 nitrogen and oxygen atoms in total. The zero-order valence-corrected chi connectivity index (χ0v) is 22.9. The summed E-state index contributed by atoms with van der Waals surface area (Å²) in [7, 11) is 0. The number of rotatable bonds is 1. The van der Waals surface area contributed by atoms with E-state index in [1.165, 1.54) is 17.2 Å².